The Morgan fingerprint density at radius 1 is 0.633 bits per heavy atom. The first-order valence-electron chi connectivity index (χ1n) is 10.4. The Labute approximate surface area is 176 Å². The summed E-state index contributed by atoms with van der Waals surface area (Å²) in [5.74, 6) is 0.602. The molecule has 1 saturated carbocycles. The first-order valence-corrected chi connectivity index (χ1v) is 10.4. The molecule has 30 heavy (non-hydrogen) atoms. The Bertz CT molecular complexity index is 985. The maximum atomic E-state index is 12.3. The molecular weight excluding hydrogens is 376 g/mol. The van der Waals surface area contributed by atoms with Gasteiger partial charge in [0.25, 0.3) is 0 Å². The molecule has 0 radical (unpaired) electrons. The first kappa shape index (κ1) is 19.9. The van der Waals surface area contributed by atoms with Crippen LogP contribution in [0.1, 0.15) is 42.5 Å². The lowest BCUT2D eigenvalue weighted by atomic mass is 9.89. The van der Waals surface area contributed by atoms with Gasteiger partial charge in [0.2, 0.25) is 0 Å². The molecule has 0 aliphatic heterocycles. The Kier molecular flexibility index (Phi) is 6.23. The molecule has 0 heterocycles. The quantitative estimate of drug-likeness (QED) is 0.386. The maximum Gasteiger partial charge on any atom is 0.343 e. The molecule has 3 aromatic rings. The lowest BCUT2D eigenvalue weighted by Crippen LogP contribution is -2.22. The van der Waals surface area contributed by atoms with Gasteiger partial charge in [0.1, 0.15) is 11.5 Å². The molecule has 0 unspecified atom stereocenters. The SMILES string of the molecule is O=C(Oc1ccccc1)c1ccc(-c2ccc(OC(=O)C3CCCCC3)cc2)cc1. The third-order valence-electron chi connectivity index (χ3n) is 5.42. The Balaban J connectivity index is 1.38. The lowest BCUT2D eigenvalue weighted by molar-refractivity contribution is -0.139. The molecule has 1 fully saturated rings. The number of hydrogen-bond donors (Lipinski definition) is 0. The number of para-hydroxylation sites is 1. The van der Waals surface area contributed by atoms with Crippen LogP contribution in [0.15, 0.2) is 78.9 Å². The van der Waals surface area contributed by atoms with Gasteiger partial charge in [-0.05, 0) is 60.4 Å². The average molecular weight is 400 g/mol. The second kappa shape index (κ2) is 9.40. The third kappa shape index (κ3) is 4.95. The number of carbonyl (C=O) groups excluding carboxylic acids is 2. The summed E-state index contributed by atoms with van der Waals surface area (Å²) in [6.07, 6.45) is 5.27. The zero-order valence-corrected chi connectivity index (χ0v) is 16.8. The summed E-state index contributed by atoms with van der Waals surface area (Å²) in [5.41, 5.74) is 2.44. The van der Waals surface area contributed by atoms with Gasteiger partial charge in [0, 0.05) is 0 Å². The van der Waals surface area contributed by atoms with Gasteiger partial charge in [-0.25, -0.2) is 4.79 Å². The topological polar surface area (TPSA) is 52.6 Å². The number of benzene rings is 3. The molecule has 0 N–H and O–H groups in total. The summed E-state index contributed by atoms with van der Waals surface area (Å²) >= 11 is 0. The molecule has 4 nitrogen and oxygen atoms in total. The maximum absolute atomic E-state index is 12.3. The third-order valence-corrected chi connectivity index (χ3v) is 5.42. The van der Waals surface area contributed by atoms with Gasteiger partial charge in [0.15, 0.2) is 0 Å². The van der Waals surface area contributed by atoms with Crippen molar-refractivity contribution in [3.05, 3.63) is 84.4 Å². The van der Waals surface area contributed by atoms with E-state index in [0.717, 1.165) is 36.8 Å². The van der Waals surface area contributed by atoms with Crippen LogP contribution in [0.25, 0.3) is 11.1 Å². The van der Waals surface area contributed by atoms with E-state index in [-0.39, 0.29) is 11.9 Å². The van der Waals surface area contributed by atoms with Crippen LogP contribution in [-0.2, 0) is 4.79 Å². The normalized spacial score (nSPS) is 14.1. The molecule has 152 valence electrons. The van der Waals surface area contributed by atoms with Crippen molar-refractivity contribution in [2.45, 2.75) is 32.1 Å². The van der Waals surface area contributed by atoms with Crippen LogP contribution in [-0.4, -0.2) is 11.9 Å². The molecule has 0 aromatic heterocycles. The molecule has 0 amide bonds. The second-order valence-corrected chi connectivity index (χ2v) is 7.56. The van der Waals surface area contributed by atoms with E-state index in [1.165, 1.54) is 6.42 Å². The highest BCUT2D eigenvalue weighted by Crippen LogP contribution is 2.27. The fraction of sp³-hybridized carbons (Fsp3) is 0.231. The predicted molar refractivity (Wildman–Crippen MR) is 115 cm³/mol. The van der Waals surface area contributed by atoms with Crippen LogP contribution in [0.3, 0.4) is 0 Å². The zero-order valence-electron chi connectivity index (χ0n) is 16.8. The summed E-state index contributed by atoms with van der Waals surface area (Å²) in [5, 5.41) is 0. The molecule has 4 rings (SSSR count). The predicted octanol–water partition coefficient (Wildman–Crippen LogP) is 6.06. The van der Waals surface area contributed by atoms with E-state index in [1.807, 2.05) is 54.6 Å². The molecule has 1 aliphatic rings. The van der Waals surface area contributed by atoms with Crippen molar-refractivity contribution >= 4 is 11.9 Å². The zero-order chi connectivity index (χ0) is 20.8. The smallest absolute Gasteiger partial charge is 0.343 e. The molecule has 1 aliphatic carbocycles. The monoisotopic (exact) mass is 400 g/mol. The van der Waals surface area contributed by atoms with Gasteiger partial charge in [-0.1, -0.05) is 61.7 Å². The van der Waals surface area contributed by atoms with Crippen LogP contribution in [0.5, 0.6) is 11.5 Å². The van der Waals surface area contributed by atoms with E-state index in [9.17, 15) is 9.59 Å². The Hall–Kier alpha value is -3.40. The van der Waals surface area contributed by atoms with Gasteiger partial charge < -0.3 is 9.47 Å². The lowest BCUT2D eigenvalue weighted by Gasteiger charge is -2.19. The summed E-state index contributed by atoms with van der Waals surface area (Å²) in [6, 6.07) is 23.7. The van der Waals surface area contributed by atoms with Gasteiger partial charge in [-0.15, -0.1) is 0 Å². The molecule has 3 aromatic carbocycles. The van der Waals surface area contributed by atoms with Crippen molar-refractivity contribution in [2.24, 2.45) is 5.92 Å². The van der Waals surface area contributed by atoms with Crippen molar-refractivity contribution in [1.82, 2.24) is 0 Å². The van der Waals surface area contributed by atoms with Crippen LogP contribution in [0.2, 0.25) is 0 Å². The van der Waals surface area contributed by atoms with Crippen LogP contribution in [0.4, 0.5) is 0 Å². The molecule has 0 spiro atoms. The summed E-state index contributed by atoms with van der Waals surface area (Å²) in [6.45, 7) is 0. The molecule has 0 bridgehead atoms. The summed E-state index contributed by atoms with van der Waals surface area (Å²) < 4.78 is 10.9. The van der Waals surface area contributed by atoms with E-state index >= 15 is 0 Å². The number of hydrogen-bond acceptors (Lipinski definition) is 4. The minimum atomic E-state index is -0.391. The van der Waals surface area contributed by atoms with Gasteiger partial charge in [-0.2, -0.15) is 0 Å². The number of esters is 2. The molecular formula is C26H24O4. The van der Waals surface area contributed by atoms with Crippen molar-refractivity contribution < 1.29 is 19.1 Å². The molecule has 0 saturated heterocycles. The van der Waals surface area contributed by atoms with Gasteiger partial charge in [0.05, 0.1) is 11.5 Å². The fourth-order valence-electron chi connectivity index (χ4n) is 3.71. The van der Waals surface area contributed by atoms with E-state index < -0.39 is 5.97 Å². The van der Waals surface area contributed by atoms with Crippen molar-refractivity contribution in [1.29, 1.82) is 0 Å². The first-order chi connectivity index (χ1) is 14.7. The Morgan fingerprint density at radius 2 is 1.20 bits per heavy atom. The Morgan fingerprint density at radius 3 is 1.83 bits per heavy atom. The van der Waals surface area contributed by atoms with Crippen LogP contribution in [0, 0.1) is 5.92 Å². The van der Waals surface area contributed by atoms with E-state index in [4.69, 9.17) is 9.47 Å². The summed E-state index contributed by atoms with van der Waals surface area (Å²) in [4.78, 5) is 24.6. The fourth-order valence-corrected chi connectivity index (χ4v) is 3.71. The van der Waals surface area contributed by atoms with Gasteiger partial charge >= 0.3 is 11.9 Å². The number of carbonyl (C=O) groups is 2. The number of rotatable bonds is 5. The standard InChI is InChI=1S/C26H24O4/c27-25(21-7-3-1-4-8-21)30-24-17-15-20(16-18-24)19-11-13-22(14-12-19)26(28)29-23-9-5-2-6-10-23/h2,5-6,9-18,21H,1,3-4,7-8H2. The second-order valence-electron chi connectivity index (χ2n) is 7.56. The molecule has 0 atom stereocenters. The van der Waals surface area contributed by atoms with E-state index in [2.05, 4.69) is 0 Å². The minimum Gasteiger partial charge on any atom is -0.426 e. The number of ether oxygens (including phenoxy) is 2. The highest BCUT2D eigenvalue weighted by Gasteiger charge is 2.22. The highest BCUT2D eigenvalue weighted by molar-refractivity contribution is 5.91. The van der Waals surface area contributed by atoms with E-state index in [1.54, 1.807) is 24.3 Å². The van der Waals surface area contributed by atoms with Crippen LogP contribution < -0.4 is 9.47 Å². The largest absolute Gasteiger partial charge is 0.426 e. The molecule has 4 heteroatoms. The van der Waals surface area contributed by atoms with Crippen LogP contribution >= 0.6 is 0 Å². The average Bonchev–Trinajstić information content (AvgIpc) is 2.81. The van der Waals surface area contributed by atoms with Crippen molar-refractivity contribution in [3.8, 4) is 22.6 Å². The van der Waals surface area contributed by atoms with E-state index in [0.29, 0.717) is 17.1 Å². The minimum absolute atomic E-state index is 0.0293. The van der Waals surface area contributed by atoms with Crippen molar-refractivity contribution in [2.75, 3.05) is 0 Å². The summed E-state index contributed by atoms with van der Waals surface area (Å²) in [7, 11) is 0. The highest BCUT2D eigenvalue weighted by atomic mass is 16.5. The van der Waals surface area contributed by atoms with Crippen molar-refractivity contribution in [3.63, 3.8) is 0 Å². The van der Waals surface area contributed by atoms with Gasteiger partial charge in [-0.3, -0.25) is 4.79 Å².